The molecule has 3 rings (SSSR count). The Balaban J connectivity index is 0.000000302. The van der Waals surface area contributed by atoms with E-state index in [4.69, 9.17) is 5.26 Å². The summed E-state index contributed by atoms with van der Waals surface area (Å²) in [5.74, 6) is -0.670. The number of anilines is 1. The largest absolute Gasteiger partial charge is 0.416 e. The number of nitriles is 1. The number of hydrogen-bond acceptors (Lipinski definition) is 5. The Morgan fingerprint density at radius 2 is 1.80 bits per heavy atom. The molecule has 1 aromatic heterocycles. The molecule has 0 amide bonds. The molecule has 1 unspecified atom stereocenters. The molecule has 0 bridgehead atoms. The third kappa shape index (κ3) is 9.79. The molecule has 0 saturated carbocycles. The van der Waals surface area contributed by atoms with Crippen molar-refractivity contribution in [2.45, 2.75) is 52.3 Å². The minimum Gasteiger partial charge on any atom is -0.384 e. The van der Waals surface area contributed by atoms with Crippen molar-refractivity contribution in [3.05, 3.63) is 118 Å². The third-order valence-corrected chi connectivity index (χ3v) is 5.62. The van der Waals surface area contributed by atoms with Crippen LogP contribution in [0.15, 0.2) is 90.4 Å². The molecule has 1 atom stereocenters. The Hall–Kier alpha value is -4.29. The van der Waals surface area contributed by atoms with E-state index in [0.29, 0.717) is 28.8 Å². The van der Waals surface area contributed by atoms with Gasteiger partial charge in [0.15, 0.2) is 5.78 Å². The highest BCUT2D eigenvalue weighted by atomic mass is 19.4. The van der Waals surface area contributed by atoms with Gasteiger partial charge < -0.3 is 10.4 Å². The molecule has 2 N–H and O–H groups in total. The number of aliphatic hydroxyl groups is 1. The highest BCUT2D eigenvalue weighted by molar-refractivity contribution is 5.98. The number of aromatic nitrogens is 1. The summed E-state index contributed by atoms with van der Waals surface area (Å²) in [4.78, 5) is 16.1. The number of pyridine rings is 1. The highest BCUT2D eigenvalue weighted by Gasteiger charge is 2.32. The summed E-state index contributed by atoms with van der Waals surface area (Å²) in [6, 6.07) is 16.3. The summed E-state index contributed by atoms with van der Waals surface area (Å²) in [7, 11) is 0. The number of carbonyl (C=O) groups excluding carboxylic acids is 1. The van der Waals surface area contributed by atoms with Crippen LogP contribution in [-0.4, -0.2) is 22.1 Å². The van der Waals surface area contributed by atoms with E-state index < -0.39 is 23.6 Å². The zero-order valence-corrected chi connectivity index (χ0v) is 22.5. The number of benzene rings is 2. The summed E-state index contributed by atoms with van der Waals surface area (Å²) >= 11 is 0. The van der Waals surface area contributed by atoms with Gasteiger partial charge in [-0.05, 0) is 78.9 Å². The second kappa shape index (κ2) is 15.3. The number of hydrogen-bond donors (Lipinski definition) is 2. The molecule has 0 saturated heterocycles. The first-order valence-electron chi connectivity index (χ1n) is 12.6. The second-order valence-corrected chi connectivity index (χ2v) is 8.81. The number of allylic oxidation sites excluding steroid dienone is 4. The van der Waals surface area contributed by atoms with Crippen LogP contribution >= 0.6 is 0 Å². The van der Waals surface area contributed by atoms with E-state index in [1.807, 2.05) is 6.07 Å². The lowest BCUT2D eigenvalue weighted by Gasteiger charge is -2.13. The predicted molar refractivity (Wildman–Crippen MR) is 147 cm³/mol. The van der Waals surface area contributed by atoms with Crippen LogP contribution < -0.4 is 5.32 Å². The lowest BCUT2D eigenvalue weighted by molar-refractivity contribution is -0.115. The number of Topliss-reactive ketones (excluding diaryl/α,β-unsaturated/α-hetero) is 1. The maximum atomic E-state index is 13.1. The molecule has 0 fully saturated rings. The van der Waals surface area contributed by atoms with Gasteiger partial charge in [-0.2, -0.15) is 18.4 Å². The van der Waals surface area contributed by atoms with Crippen LogP contribution in [0.5, 0.6) is 0 Å². The molecule has 0 aliphatic carbocycles. The topological polar surface area (TPSA) is 86.0 Å². The van der Waals surface area contributed by atoms with Gasteiger partial charge in [-0.1, -0.05) is 38.1 Å². The van der Waals surface area contributed by atoms with Crippen LogP contribution in [0, 0.1) is 24.1 Å². The number of rotatable bonds is 9. The molecule has 0 radical (unpaired) electrons. The monoisotopic (exact) mass is 553 g/mol. The molecule has 0 aliphatic heterocycles. The van der Waals surface area contributed by atoms with E-state index in [-0.39, 0.29) is 24.4 Å². The first-order chi connectivity index (χ1) is 19.0. The van der Waals surface area contributed by atoms with Crippen molar-refractivity contribution in [2.24, 2.45) is 0 Å². The minimum atomic E-state index is -4.54. The van der Waals surface area contributed by atoms with Crippen LogP contribution in [0.1, 0.15) is 61.5 Å². The Morgan fingerprint density at radius 1 is 1.10 bits per heavy atom. The molecule has 0 spiro atoms. The molecular weight excluding hydrogens is 522 g/mol. The molecule has 210 valence electrons. The van der Waals surface area contributed by atoms with E-state index >= 15 is 0 Å². The number of halogens is 4. The van der Waals surface area contributed by atoms with E-state index in [2.05, 4.69) is 10.3 Å². The first-order valence-corrected chi connectivity index (χ1v) is 12.6. The van der Waals surface area contributed by atoms with Crippen LogP contribution in [0.4, 0.5) is 23.2 Å². The van der Waals surface area contributed by atoms with Gasteiger partial charge in [-0.25, -0.2) is 4.39 Å². The maximum Gasteiger partial charge on any atom is 0.416 e. The predicted octanol–water partition coefficient (Wildman–Crippen LogP) is 7.73. The lowest BCUT2D eigenvalue weighted by Crippen LogP contribution is -2.16. The van der Waals surface area contributed by atoms with E-state index in [1.54, 1.807) is 75.6 Å². The molecule has 3 aromatic rings. The van der Waals surface area contributed by atoms with Crippen molar-refractivity contribution in [3.8, 4) is 6.07 Å². The summed E-state index contributed by atoms with van der Waals surface area (Å²) in [5, 5.41) is 21.7. The Labute approximate surface area is 231 Å². The fraction of sp³-hybridized carbons (Fsp3) is 0.258. The van der Waals surface area contributed by atoms with Gasteiger partial charge in [0.1, 0.15) is 11.9 Å². The van der Waals surface area contributed by atoms with Crippen molar-refractivity contribution in [1.29, 1.82) is 5.26 Å². The summed E-state index contributed by atoms with van der Waals surface area (Å²) in [6.45, 7) is 5.05. The van der Waals surface area contributed by atoms with E-state index in [9.17, 15) is 27.5 Å². The average molecular weight is 554 g/mol. The van der Waals surface area contributed by atoms with E-state index in [0.717, 1.165) is 17.7 Å². The van der Waals surface area contributed by atoms with Crippen molar-refractivity contribution < 1.29 is 27.5 Å². The Bertz CT molecular complexity index is 1380. The van der Waals surface area contributed by atoms with Crippen molar-refractivity contribution >= 4 is 11.5 Å². The average Bonchev–Trinajstić information content (AvgIpc) is 2.94. The van der Waals surface area contributed by atoms with Crippen LogP contribution in [-0.2, 0) is 4.79 Å². The SMILES string of the molecule is CC/C=C(/C=C(\Nc1cccc(C#N)c1)C(=O)CCC)C(F)(F)F.Cc1cc(C(O)c2ccncc2)ccc1F. The fourth-order valence-corrected chi connectivity index (χ4v) is 3.58. The first kappa shape index (κ1) is 31.9. The van der Waals surface area contributed by atoms with E-state index in [1.165, 1.54) is 12.1 Å². The fourth-order valence-electron chi connectivity index (χ4n) is 3.58. The summed E-state index contributed by atoms with van der Waals surface area (Å²) in [6.07, 6.45) is 0.691. The smallest absolute Gasteiger partial charge is 0.384 e. The zero-order valence-electron chi connectivity index (χ0n) is 22.5. The minimum absolute atomic E-state index is 0.133. The van der Waals surface area contributed by atoms with Gasteiger partial charge in [0.2, 0.25) is 0 Å². The van der Waals surface area contributed by atoms with Crippen molar-refractivity contribution in [1.82, 2.24) is 4.98 Å². The number of nitrogens with one attached hydrogen (secondary N) is 1. The normalized spacial score (nSPS) is 12.6. The van der Waals surface area contributed by atoms with Gasteiger partial charge in [0, 0.05) is 24.5 Å². The van der Waals surface area contributed by atoms with Gasteiger partial charge in [-0.3, -0.25) is 9.78 Å². The Kier molecular flexibility index (Phi) is 12.2. The van der Waals surface area contributed by atoms with Crippen molar-refractivity contribution in [3.63, 3.8) is 0 Å². The number of carbonyl (C=O) groups is 1. The van der Waals surface area contributed by atoms with Crippen LogP contribution in [0.3, 0.4) is 0 Å². The van der Waals surface area contributed by atoms with Crippen LogP contribution in [0.25, 0.3) is 0 Å². The van der Waals surface area contributed by atoms with Gasteiger partial charge in [0.25, 0.3) is 0 Å². The van der Waals surface area contributed by atoms with Gasteiger partial charge in [-0.15, -0.1) is 0 Å². The maximum absolute atomic E-state index is 13.1. The third-order valence-electron chi connectivity index (χ3n) is 5.62. The molecule has 40 heavy (non-hydrogen) atoms. The highest BCUT2D eigenvalue weighted by Crippen LogP contribution is 2.29. The zero-order chi connectivity index (χ0) is 29.7. The number of alkyl halides is 3. The molecule has 0 aliphatic rings. The Morgan fingerprint density at radius 3 is 2.38 bits per heavy atom. The number of aryl methyl sites for hydroxylation is 1. The lowest BCUT2D eigenvalue weighted by atomic mass is 10.0. The van der Waals surface area contributed by atoms with Gasteiger partial charge in [0.05, 0.1) is 22.9 Å². The quantitative estimate of drug-likeness (QED) is 0.161. The number of aliphatic hydroxyl groups excluding tert-OH is 1. The van der Waals surface area contributed by atoms with Crippen LogP contribution in [0.2, 0.25) is 0 Å². The van der Waals surface area contributed by atoms with Gasteiger partial charge >= 0.3 is 6.18 Å². The van der Waals surface area contributed by atoms with Crippen molar-refractivity contribution in [2.75, 3.05) is 5.32 Å². The summed E-state index contributed by atoms with van der Waals surface area (Å²) < 4.78 is 52.3. The molecule has 5 nitrogen and oxygen atoms in total. The standard InChI is InChI=1S/C18H19F3N2O.C13H12FNO/c1-3-6-14(18(19,20)21)11-16(17(24)7-4-2)23-15-9-5-8-13(10-15)12-22;1-9-8-11(2-3-12(9)14)13(16)10-4-6-15-7-5-10/h5-6,8-11,23H,3-4,7H2,1-2H3;2-8,13,16H,1H3/b14-6-,16-11-;. The summed E-state index contributed by atoms with van der Waals surface area (Å²) in [5.41, 5.74) is 1.71. The number of ketones is 1. The number of nitrogens with zero attached hydrogens (tertiary/aromatic N) is 2. The second-order valence-electron chi connectivity index (χ2n) is 8.81. The molecule has 1 heterocycles. The molecular formula is C31H31F4N3O2. The molecule has 9 heteroatoms. The molecule has 2 aromatic carbocycles.